The Bertz CT molecular complexity index is 783. The summed E-state index contributed by atoms with van der Waals surface area (Å²) in [5.74, 6) is 1.20. The van der Waals surface area contributed by atoms with Gasteiger partial charge in [0.05, 0.1) is 24.5 Å². The number of fused-ring (bicyclic) bond motifs is 2. The number of amides is 1. The van der Waals surface area contributed by atoms with Gasteiger partial charge in [0.1, 0.15) is 11.9 Å². The van der Waals surface area contributed by atoms with E-state index in [0.29, 0.717) is 31.2 Å². The van der Waals surface area contributed by atoms with Gasteiger partial charge < -0.3 is 19.7 Å². The fourth-order valence-corrected chi connectivity index (χ4v) is 3.52. The summed E-state index contributed by atoms with van der Waals surface area (Å²) in [6.07, 6.45) is 2.78. The van der Waals surface area contributed by atoms with E-state index in [4.69, 9.17) is 5.11 Å². The SMILES string of the molecule is O=C(c1nnc2n1CCCC2)N1CCCn2nc([C@@H](O)CO)cc2C1. The second-order valence-electron chi connectivity index (χ2n) is 6.61. The predicted octanol–water partition coefficient (Wildman–Crippen LogP) is -0.117. The maximum Gasteiger partial charge on any atom is 0.292 e. The van der Waals surface area contributed by atoms with Crippen LogP contribution in [0.1, 0.15) is 53.2 Å². The zero-order chi connectivity index (χ0) is 17.4. The summed E-state index contributed by atoms with van der Waals surface area (Å²) in [5.41, 5.74) is 1.29. The molecule has 0 aromatic carbocycles. The Balaban J connectivity index is 1.58. The van der Waals surface area contributed by atoms with Gasteiger partial charge in [-0.05, 0) is 25.3 Å². The third-order valence-electron chi connectivity index (χ3n) is 4.89. The zero-order valence-corrected chi connectivity index (χ0v) is 14.0. The van der Waals surface area contributed by atoms with E-state index < -0.39 is 6.10 Å². The smallest absolute Gasteiger partial charge is 0.292 e. The topological polar surface area (TPSA) is 109 Å². The van der Waals surface area contributed by atoms with Crippen LogP contribution in [0.4, 0.5) is 0 Å². The first-order valence-electron chi connectivity index (χ1n) is 8.74. The Kier molecular flexibility index (Phi) is 4.26. The maximum absolute atomic E-state index is 13.0. The van der Waals surface area contributed by atoms with Crippen molar-refractivity contribution in [3.8, 4) is 0 Å². The van der Waals surface area contributed by atoms with Crippen molar-refractivity contribution in [1.82, 2.24) is 29.4 Å². The number of hydrogen-bond acceptors (Lipinski definition) is 6. The first kappa shape index (κ1) is 16.2. The number of hydrogen-bond donors (Lipinski definition) is 2. The van der Waals surface area contributed by atoms with Gasteiger partial charge in [0.25, 0.3) is 5.91 Å². The standard InChI is InChI=1S/C16H22N6O3/c23-10-13(24)12-8-11-9-20(5-3-7-22(11)19-12)16(25)15-18-17-14-4-1-2-6-21(14)15/h8,13,23-24H,1-7,9-10H2/t13-/m0/s1. The Morgan fingerprint density at radius 1 is 1.20 bits per heavy atom. The second kappa shape index (κ2) is 6.57. The highest BCUT2D eigenvalue weighted by molar-refractivity contribution is 5.90. The number of aromatic nitrogens is 5. The molecule has 25 heavy (non-hydrogen) atoms. The second-order valence-corrected chi connectivity index (χ2v) is 6.61. The van der Waals surface area contributed by atoms with E-state index >= 15 is 0 Å². The largest absolute Gasteiger partial charge is 0.393 e. The molecule has 0 unspecified atom stereocenters. The monoisotopic (exact) mass is 346 g/mol. The van der Waals surface area contributed by atoms with Gasteiger partial charge in [0.15, 0.2) is 0 Å². The first-order valence-corrected chi connectivity index (χ1v) is 8.74. The molecule has 4 rings (SSSR count). The lowest BCUT2D eigenvalue weighted by molar-refractivity contribution is 0.0726. The average Bonchev–Trinajstić information content (AvgIpc) is 3.19. The summed E-state index contributed by atoms with van der Waals surface area (Å²) in [4.78, 5) is 14.7. The lowest BCUT2D eigenvalue weighted by Gasteiger charge is -2.21. The van der Waals surface area contributed by atoms with Gasteiger partial charge in [0.2, 0.25) is 5.82 Å². The molecular formula is C16H22N6O3. The molecule has 0 spiro atoms. The first-order chi connectivity index (χ1) is 12.2. The third kappa shape index (κ3) is 2.93. The molecule has 0 saturated heterocycles. The van der Waals surface area contributed by atoms with Crippen molar-refractivity contribution in [2.75, 3.05) is 13.2 Å². The summed E-state index contributed by atoms with van der Waals surface area (Å²) >= 11 is 0. The molecule has 0 radical (unpaired) electrons. The number of nitrogens with zero attached hydrogens (tertiary/aromatic N) is 6. The highest BCUT2D eigenvalue weighted by Crippen LogP contribution is 2.20. The fourth-order valence-electron chi connectivity index (χ4n) is 3.52. The Morgan fingerprint density at radius 3 is 2.92 bits per heavy atom. The molecule has 9 heteroatoms. The lowest BCUT2D eigenvalue weighted by atomic mass is 10.1. The molecule has 2 N–H and O–H groups in total. The summed E-state index contributed by atoms with van der Waals surface area (Å²) < 4.78 is 3.75. The molecule has 4 heterocycles. The van der Waals surface area contributed by atoms with Crippen LogP contribution < -0.4 is 0 Å². The number of carbonyl (C=O) groups excluding carboxylic acids is 1. The van der Waals surface area contributed by atoms with Crippen LogP contribution in [-0.4, -0.2) is 58.7 Å². The van der Waals surface area contributed by atoms with E-state index in [1.165, 1.54) is 0 Å². The molecule has 0 bridgehead atoms. The minimum absolute atomic E-state index is 0.112. The Morgan fingerprint density at radius 2 is 2.08 bits per heavy atom. The van der Waals surface area contributed by atoms with E-state index in [1.54, 1.807) is 15.6 Å². The average molecular weight is 346 g/mol. The van der Waals surface area contributed by atoms with E-state index in [0.717, 1.165) is 43.7 Å². The van der Waals surface area contributed by atoms with Crippen molar-refractivity contribution in [3.63, 3.8) is 0 Å². The van der Waals surface area contributed by atoms with Gasteiger partial charge in [-0.2, -0.15) is 5.10 Å². The van der Waals surface area contributed by atoms with Gasteiger partial charge in [-0.25, -0.2) is 0 Å². The van der Waals surface area contributed by atoms with Crippen molar-refractivity contribution in [3.05, 3.63) is 29.1 Å². The molecular weight excluding hydrogens is 324 g/mol. The van der Waals surface area contributed by atoms with Crippen LogP contribution in [0.2, 0.25) is 0 Å². The molecule has 0 aliphatic carbocycles. The molecule has 2 aliphatic heterocycles. The van der Waals surface area contributed by atoms with Gasteiger partial charge in [-0.15, -0.1) is 10.2 Å². The highest BCUT2D eigenvalue weighted by atomic mass is 16.3. The van der Waals surface area contributed by atoms with Crippen molar-refractivity contribution < 1.29 is 15.0 Å². The summed E-state index contributed by atoms with van der Waals surface area (Å²) in [7, 11) is 0. The molecule has 9 nitrogen and oxygen atoms in total. The van der Waals surface area contributed by atoms with Crippen LogP contribution in [0, 0.1) is 0 Å². The molecule has 0 saturated carbocycles. The van der Waals surface area contributed by atoms with Gasteiger partial charge in [0, 0.05) is 26.1 Å². The van der Waals surface area contributed by atoms with E-state index in [-0.39, 0.29) is 12.5 Å². The number of rotatable bonds is 3. The molecule has 2 aromatic rings. The van der Waals surface area contributed by atoms with Gasteiger partial charge >= 0.3 is 0 Å². The van der Waals surface area contributed by atoms with Crippen molar-refractivity contribution >= 4 is 5.91 Å². The normalized spacial score (nSPS) is 18.4. The minimum atomic E-state index is -0.993. The predicted molar refractivity (Wildman–Crippen MR) is 86.6 cm³/mol. The van der Waals surface area contributed by atoms with Gasteiger partial charge in [-0.3, -0.25) is 9.48 Å². The number of aryl methyl sites for hydroxylation is 2. The molecule has 1 amide bonds. The number of carbonyl (C=O) groups is 1. The maximum atomic E-state index is 13.0. The summed E-state index contributed by atoms with van der Waals surface area (Å²) in [6.45, 7) is 2.14. The van der Waals surface area contributed by atoms with Crippen LogP contribution in [-0.2, 0) is 26.1 Å². The molecule has 1 atom stereocenters. The highest BCUT2D eigenvalue weighted by Gasteiger charge is 2.28. The van der Waals surface area contributed by atoms with Crippen molar-refractivity contribution in [2.45, 2.75) is 51.4 Å². The van der Waals surface area contributed by atoms with Crippen LogP contribution in [0.5, 0.6) is 0 Å². The molecule has 2 aliphatic rings. The van der Waals surface area contributed by atoms with Crippen LogP contribution >= 0.6 is 0 Å². The molecule has 0 fully saturated rings. The van der Waals surface area contributed by atoms with Gasteiger partial charge in [-0.1, -0.05) is 0 Å². The fraction of sp³-hybridized carbons (Fsp3) is 0.625. The van der Waals surface area contributed by atoms with Crippen LogP contribution in [0.15, 0.2) is 6.07 Å². The van der Waals surface area contributed by atoms with Crippen molar-refractivity contribution in [1.29, 1.82) is 0 Å². The summed E-state index contributed by atoms with van der Waals surface area (Å²) in [6, 6.07) is 1.76. The quantitative estimate of drug-likeness (QED) is 0.802. The third-order valence-corrected chi connectivity index (χ3v) is 4.89. The van der Waals surface area contributed by atoms with Crippen LogP contribution in [0.25, 0.3) is 0 Å². The van der Waals surface area contributed by atoms with E-state index in [2.05, 4.69) is 15.3 Å². The Labute approximate surface area is 144 Å². The Hall–Kier alpha value is -2.26. The van der Waals surface area contributed by atoms with E-state index in [9.17, 15) is 9.90 Å². The molecule has 134 valence electrons. The molecule has 2 aromatic heterocycles. The number of aliphatic hydroxyl groups excluding tert-OH is 2. The van der Waals surface area contributed by atoms with Crippen molar-refractivity contribution in [2.24, 2.45) is 0 Å². The van der Waals surface area contributed by atoms with E-state index in [1.807, 2.05) is 4.57 Å². The summed E-state index contributed by atoms with van der Waals surface area (Å²) in [5, 5.41) is 31.5. The number of aliphatic hydroxyl groups is 2. The zero-order valence-electron chi connectivity index (χ0n) is 14.0. The minimum Gasteiger partial charge on any atom is -0.393 e. The lowest BCUT2D eigenvalue weighted by Crippen LogP contribution is -2.33. The van der Waals surface area contributed by atoms with Crippen LogP contribution in [0.3, 0.4) is 0 Å².